The number of aromatic nitrogens is 2. The molecule has 1 aromatic heterocycles. The van der Waals surface area contributed by atoms with Gasteiger partial charge in [0.25, 0.3) is 0 Å². The zero-order valence-corrected chi connectivity index (χ0v) is 16.4. The van der Waals surface area contributed by atoms with Gasteiger partial charge in [-0.3, -0.25) is 4.79 Å². The van der Waals surface area contributed by atoms with Gasteiger partial charge in [0.05, 0.1) is 23.5 Å². The minimum absolute atomic E-state index is 0.0412. The highest BCUT2D eigenvalue weighted by molar-refractivity contribution is 5.73. The van der Waals surface area contributed by atoms with Crippen molar-refractivity contribution in [1.29, 1.82) is 0 Å². The molecule has 160 valence electrons. The molecule has 0 radical (unpaired) electrons. The first-order valence-corrected chi connectivity index (χ1v) is 9.69. The third kappa shape index (κ3) is 4.36. The molecule has 1 fully saturated rings. The van der Waals surface area contributed by atoms with E-state index in [1.165, 1.54) is 18.3 Å². The van der Waals surface area contributed by atoms with Crippen molar-refractivity contribution in [3.8, 4) is 22.5 Å². The van der Waals surface area contributed by atoms with Crippen molar-refractivity contribution in [3.05, 3.63) is 65.9 Å². The number of amides is 1. The Balaban J connectivity index is 1.61. The molecule has 1 unspecified atom stereocenters. The molecule has 6 nitrogen and oxygen atoms in total. The second-order valence-electron chi connectivity index (χ2n) is 7.25. The Labute approximate surface area is 176 Å². The highest BCUT2D eigenvalue weighted by atomic mass is 19.4. The van der Waals surface area contributed by atoms with Crippen LogP contribution in [-0.2, 0) is 11.0 Å². The van der Waals surface area contributed by atoms with E-state index in [1.54, 1.807) is 4.90 Å². The van der Waals surface area contributed by atoms with Crippen LogP contribution in [0.25, 0.3) is 22.5 Å². The summed E-state index contributed by atoms with van der Waals surface area (Å²) in [6.45, 7) is 2.09. The van der Waals surface area contributed by atoms with Crippen molar-refractivity contribution in [3.63, 3.8) is 0 Å². The molecule has 3 N–H and O–H groups in total. The number of nitrogens with two attached hydrogens (primary N) is 1. The number of benzene rings is 2. The number of halogens is 3. The van der Waals surface area contributed by atoms with Gasteiger partial charge in [-0.15, -0.1) is 0 Å². The fraction of sp³-hybridized carbons (Fsp3) is 0.227. The smallest absolute Gasteiger partial charge is 0.382 e. The number of nitrogens with zero attached hydrogens (tertiary/aromatic N) is 3. The lowest BCUT2D eigenvalue weighted by atomic mass is 10.0. The molecule has 1 amide bonds. The molecular formula is C22H20F3N5O. The van der Waals surface area contributed by atoms with E-state index in [-0.39, 0.29) is 11.9 Å². The minimum atomic E-state index is -4.41. The molecule has 2 heterocycles. The summed E-state index contributed by atoms with van der Waals surface area (Å²) in [4.78, 5) is 21.8. The third-order valence-electron chi connectivity index (χ3n) is 5.30. The number of carbonyl (C=O) groups is 1. The molecule has 9 heteroatoms. The third-order valence-corrected chi connectivity index (χ3v) is 5.30. The van der Waals surface area contributed by atoms with Crippen molar-refractivity contribution >= 4 is 12.2 Å². The Hall–Kier alpha value is -3.46. The van der Waals surface area contributed by atoms with Gasteiger partial charge in [-0.05, 0) is 17.7 Å². The second-order valence-corrected chi connectivity index (χ2v) is 7.25. The number of hydrogen-bond donors (Lipinski definition) is 2. The number of hydrogen-bond acceptors (Lipinski definition) is 5. The van der Waals surface area contributed by atoms with Gasteiger partial charge < -0.3 is 16.0 Å². The molecule has 0 spiro atoms. The summed E-state index contributed by atoms with van der Waals surface area (Å²) in [5.74, 6) is 0.134. The van der Waals surface area contributed by atoms with Gasteiger partial charge in [0.1, 0.15) is 11.5 Å². The predicted octanol–water partition coefficient (Wildman–Crippen LogP) is 3.51. The van der Waals surface area contributed by atoms with Crippen molar-refractivity contribution in [2.24, 2.45) is 0 Å². The molecule has 0 bridgehead atoms. The van der Waals surface area contributed by atoms with E-state index in [1.807, 2.05) is 24.3 Å². The van der Waals surface area contributed by atoms with Crippen LogP contribution >= 0.6 is 0 Å². The van der Waals surface area contributed by atoms with Crippen LogP contribution in [0, 0.1) is 0 Å². The van der Waals surface area contributed by atoms with Crippen LogP contribution < -0.4 is 11.1 Å². The predicted molar refractivity (Wildman–Crippen MR) is 111 cm³/mol. The number of alkyl halides is 3. The van der Waals surface area contributed by atoms with Gasteiger partial charge in [-0.25, -0.2) is 9.97 Å². The molecule has 1 atom stereocenters. The monoisotopic (exact) mass is 427 g/mol. The van der Waals surface area contributed by atoms with Gasteiger partial charge in [0, 0.05) is 30.8 Å². The second kappa shape index (κ2) is 8.35. The number of nitrogens with one attached hydrogen (secondary N) is 1. The lowest BCUT2D eigenvalue weighted by Gasteiger charge is -2.33. The van der Waals surface area contributed by atoms with Crippen LogP contribution in [0.2, 0.25) is 0 Å². The zero-order valence-electron chi connectivity index (χ0n) is 16.4. The number of anilines is 1. The van der Waals surface area contributed by atoms with E-state index in [0.29, 0.717) is 30.0 Å². The van der Waals surface area contributed by atoms with E-state index >= 15 is 0 Å². The molecule has 3 aromatic rings. The maximum Gasteiger partial charge on any atom is 0.416 e. The van der Waals surface area contributed by atoms with Crippen LogP contribution in [0.3, 0.4) is 0 Å². The van der Waals surface area contributed by atoms with E-state index in [0.717, 1.165) is 36.2 Å². The Morgan fingerprint density at radius 3 is 2.39 bits per heavy atom. The van der Waals surface area contributed by atoms with Crippen LogP contribution in [0.5, 0.6) is 0 Å². The fourth-order valence-corrected chi connectivity index (χ4v) is 3.60. The lowest BCUT2D eigenvalue weighted by molar-refractivity contribution is -0.137. The summed E-state index contributed by atoms with van der Waals surface area (Å²) in [7, 11) is 0. The SMILES string of the molecule is Nc1ncc(-c2ccc(C3CNCCN3C=O)cc2)nc1-c1ccc(C(F)(F)F)cc1. The average molecular weight is 427 g/mol. The topological polar surface area (TPSA) is 84.1 Å². The Morgan fingerprint density at radius 1 is 1.06 bits per heavy atom. The van der Waals surface area contributed by atoms with Crippen LogP contribution in [-0.4, -0.2) is 40.9 Å². The molecule has 0 aliphatic carbocycles. The highest BCUT2D eigenvalue weighted by Crippen LogP contribution is 2.32. The summed E-state index contributed by atoms with van der Waals surface area (Å²) in [6, 6.07) is 12.2. The van der Waals surface area contributed by atoms with Crippen LogP contribution in [0.15, 0.2) is 54.7 Å². The minimum Gasteiger partial charge on any atom is -0.382 e. The Kier molecular flexibility index (Phi) is 5.60. The standard InChI is InChI=1S/C22H20F3N5O/c23-22(24,25)17-7-5-16(6-8-17)20-21(26)28-11-18(29-20)14-1-3-15(4-2-14)19-12-27-9-10-30(19)13-31/h1-8,11,13,19,27H,9-10,12H2,(H2,26,28). The van der Waals surface area contributed by atoms with Crippen molar-refractivity contribution in [2.75, 3.05) is 25.4 Å². The molecule has 1 aliphatic heterocycles. The molecule has 0 saturated carbocycles. The molecule has 1 saturated heterocycles. The van der Waals surface area contributed by atoms with Crippen molar-refractivity contribution < 1.29 is 18.0 Å². The molecule has 31 heavy (non-hydrogen) atoms. The first-order valence-electron chi connectivity index (χ1n) is 9.69. The van der Waals surface area contributed by atoms with Crippen molar-refractivity contribution in [1.82, 2.24) is 20.2 Å². The number of piperazine rings is 1. The summed E-state index contributed by atoms with van der Waals surface area (Å²) in [5, 5.41) is 3.28. The summed E-state index contributed by atoms with van der Waals surface area (Å²) < 4.78 is 38.5. The van der Waals surface area contributed by atoms with Gasteiger partial charge in [0.2, 0.25) is 6.41 Å². The Bertz CT molecular complexity index is 1070. The Morgan fingerprint density at radius 2 is 1.74 bits per heavy atom. The van der Waals surface area contributed by atoms with Gasteiger partial charge in [0.15, 0.2) is 0 Å². The van der Waals surface area contributed by atoms with E-state index in [4.69, 9.17) is 5.73 Å². The zero-order chi connectivity index (χ0) is 22.0. The number of rotatable bonds is 4. The summed E-state index contributed by atoms with van der Waals surface area (Å²) in [6.07, 6.45) is -2.02. The fourth-order valence-electron chi connectivity index (χ4n) is 3.60. The van der Waals surface area contributed by atoms with E-state index < -0.39 is 11.7 Å². The van der Waals surface area contributed by atoms with Gasteiger partial charge in [-0.1, -0.05) is 36.4 Å². The van der Waals surface area contributed by atoms with Crippen LogP contribution in [0.1, 0.15) is 17.2 Å². The summed E-state index contributed by atoms with van der Waals surface area (Å²) in [5.41, 5.74) is 8.29. The lowest BCUT2D eigenvalue weighted by Crippen LogP contribution is -2.45. The highest BCUT2D eigenvalue weighted by Gasteiger charge is 2.30. The molecular weight excluding hydrogens is 407 g/mol. The first kappa shape index (κ1) is 20.8. The summed E-state index contributed by atoms with van der Waals surface area (Å²) >= 11 is 0. The molecule has 1 aliphatic rings. The first-order chi connectivity index (χ1) is 14.9. The van der Waals surface area contributed by atoms with Crippen LogP contribution in [0.4, 0.5) is 19.0 Å². The molecule has 4 rings (SSSR count). The van der Waals surface area contributed by atoms with Gasteiger partial charge >= 0.3 is 6.18 Å². The normalized spacial score (nSPS) is 16.9. The maximum absolute atomic E-state index is 12.8. The van der Waals surface area contributed by atoms with Gasteiger partial charge in [-0.2, -0.15) is 13.2 Å². The quantitative estimate of drug-likeness (QED) is 0.623. The average Bonchev–Trinajstić information content (AvgIpc) is 2.79. The van der Waals surface area contributed by atoms with E-state index in [9.17, 15) is 18.0 Å². The van der Waals surface area contributed by atoms with Crippen molar-refractivity contribution in [2.45, 2.75) is 12.2 Å². The number of nitrogen functional groups attached to an aromatic ring is 1. The largest absolute Gasteiger partial charge is 0.416 e. The molecule has 2 aromatic carbocycles. The number of carbonyl (C=O) groups excluding carboxylic acids is 1. The van der Waals surface area contributed by atoms with E-state index in [2.05, 4.69) is 15.3 Å². The maximum atomic E-state index is 12.8.